The Bertz CT molecular complexity index is 1360. The summed E-state index contributed by atoms with van der Waals surface area (Å²) in [6.45, 7) is 13.6. The molecule has 2 saturated heterocycles. The molecule has 4 aliphatic rings. The lowest BCUT2D eigenvalue weighted by atomic mass is 10.0. The fourth-order valence-electron chi connectivity index (χ4n) is 6.79. The molecule has 1 aliphatic carbocycles. The van der Waals surface area contributed by atoms with Crippen LogP contribution in [0.15, 0.2) is 30.3 Å². The highest BCUT2D eigenvalue weighted by Crippen LogP contribution is 2.36. The number of halogens is 1. The normalized spacial score (nSPS) is 27.5. The first-order chi connectivity index (χ1) is 21.7. The van der Waals surface area contributed by atoms with E-state index in [-0.39, 0.29) is 54.6 Å². The summed E-state index contributed by atoms with van der Waals surface area (Å²) in [6.07, 6.45) is 2.61. The molecule has 10 nitrogen and oxygen atoms in total. The molecular weight excluding hydrogens is 575 g/mol. The van der Waals surface area contributed by atoms with E-state index in [2.05, 4.69) is 41.2 Å². The van der Waals surface area contributed by atoms with Gasteiger partial charge in [0, 0.05) is 50.3 Å². The van der Waals surface area contributed by atoms with Crippen LogP contribution in [0.25, 0.3) is 0 Å². The highest BCUT2D eigenvalue weighted by Gasteiger charge is 2.37. The number of piperazine rings is 1. The molecule has 244 valence electrons. The van der Waals surface area contributed by atoms with E-state index < -0.39 is 0 Å². The molecule has 6 rings (SSSR count). The zero-order valence-electron chi connectivity index (χ0n) is 26.9. The van der Waals surface area contributed by atoms with Crippen LogP contribution in [0.1, 0.15) is 62.2 Å². The number of hydrogen-bond donors (Lipinski definition) is 2. The summed E-state index contributed by atoms with van der Waals surface area (Å²) in [7, 11) is 0. The highest BCUT2D eigenvalue weighted by atomic mass is 19.1. The molecule has 2 amide bonds. The van der Waals surface area contributed by atoms with Gasteiger partial charge in [-0.2, -0.15) is 0 Å². The summed E-state index contributed by atoms with van der Waals surface area (Å²) in [5.41, 5.74) is 2.38. The third-order valence-electron chi connectivity index (χ3n) is 9.59. The van der Waals surface area contributed by atoms with Crippen LogP contribution in [0, 0.1) is 11.7 Å². The van der Waals surface area contributed by atoms with Crippen molar-refractivity contribution in [3.05, 3.63) is 53.0 Å². The van der Waals surface area contributed by atoms with Crippen molar-refractivity contribution in [3.8, 4) is 5.88 Å². The van der Waals surface area contributed by atoms with Crippen LogP contribution in [-0.2, 0) is 16.0 Å². The summed E-state index contributed by atoms with van der Waals surface area (Å²) in [6, 6.07) is 9.00. The minimum absolute atomic E-state index is 0.0188. The third kappa shape index (κ3) is 7.48. The Labute approximate surface area is 265 Å². The predicted octanol–water partition coefficient (Wildman–Crippen LogP) is 2.84. The summed E-state index contributed by atoms with van der Waals surface area (Å²) in [4.78, 5) is 38.9. The Hall–Kier alpha value is -3.12. The lowest BCUT2D eigenvalue weighted by molar-refractivity contribution is -0.122. The first-order valence-corrected chi connectivity index (χ1v) is 16.5. The van der Waals surface area contributed by atoms with E-state index in [0.717, 1.165) is 51.3 Å². The minimum Gasteiger partial charge on any atom is -0.474 e. The van der Waals surface area contributed by atoms with Crippen molar-refractivity contribution in [3.63, 3.8) is 0 Å². The molecule has 1 unspecified atom stereocenters. The molecule has 2 aromatic rings. The van der Waals surface area contributed by atoms with Gasteiger partial charge in [-0.15, -0.1) is 0 Å². The molecule has 45 heavy (non-hydrogen) atoms. The molecule has 1 aromatic heterocycles. The smallest absolute Gasteiger partial charge is 0.270 e. The van der Waals surface area contributed by atoms with Crippen LogP contribution in [-0.4, -0.2) is 109 Å². The summed E-state index contributed by atoms with van der Waals surface area (Å²) in [5, 5.41) is 6.64. The molecule has 0 spiro atoms. The SMILES string of the molecule is CC1COc2nc(C(=O)NCC3CC3)c(Cc3ccc(F)cc3)cc2N1C(=O)CN1C[C@@H](C)NC[C@@H]1CN1[C@H](C)COC[C@H]1C. The Kier molecular flexibility index (Phi) is 9.70. The second-order valence-electron chi connectivity index (χ2n) is 13.5. The standard InChI is InChI=1S/C34H47FN6O4/c1-21-15-39(29(14-36-21)16-40-22(2)18-44-19-23(40)3)17-31(42)41-24(4)20-45-34-30(41)12-27(11-25-7-9-28(35)10-8-25)32(38-34)33(43)37-13-26-5-6-26/h7-10,12,21-24,26,29,36H,5-6,11,13-20H2,1-4H3,(H,37,43)/t21-,22-,23-,24?,29-/m1/s1. The first kappa shape index (κ1) is 31.8. The minimum atomic E-state index is -0.318. The number of aromatic nitrogens is 1. The Morgan fingerprint density at radius 2 is 1.78 bits per heavy atom. The zero-order chi connectivity index (χ0) is 31.7. The van der Waals surface area contributed by atoms with E-state index in [9.17, 15) is 14.0 Å². The van der Waals surface area contributed by atoms with Gasteiger partial charge in [0.1, 0.15) is 23.8 Å². The Morgan fingerprint density at radius 3 is 2.49 bits per heavy atom. The average Bonchev–Trinajstić information content (AvgIpc) is 3.84. The van der Waals surface area contributed by atoms with Gasteiger partial charge in [0.2, 0.25) is 11.8 Å². The number of benzene rings is 1. The van der Waals surface area contributed by atoms with Crippen LogP contribution < -0.4 is 20.3 Å². The van der Waals surface area contributed by atoms with Gasteiger partial charge < -0.3 is 25.0 Å². The van der Waals surface area contributed by atoms with Gasteiger partial charge >= 0.3 is 0 Å². The fourth-order valence-corrected chi connectivity index (χ4v) is 6.79. The molecule has 2 N–H and O–H groups in total. The van der Waals surface area contributed by atoms with E-state index in [4.69, 9.17) is 14.5 Å². The van der Waals surface area contributed by atoms with Gasteiger partial charge in [-0.05, 0) is 82.2 Å². The van der Waals surface area contributed by atoms with Crippen LogP contribution in [0.4, 0.5) is 10.1 Å². The zero-order valence-corrected chi connectivity index (χ0v) is 26.9. The van der Waals surface area contributed by atoms with Crippen LogP contribution in [0.2, 0.25) is 0 Å². The van der Waals surface area contributed by atoms with E-state index in [1.807, 2.05) is 13.0 Å². The van der Waals surface area contributed by atoms with Crippen molar-refractivity contribution >= 4 is 17.5 Å². The number of carbonyl (C=O) groups is 2. The second kappa shape index (κ2) is 13.7. The van der Waals surface area contributed by atoms with Gasteiger partial charge in [0.05, 0.1) is 25.8 Å². The number of hydrogen-bond acceptors (Lipinski definition) is 8. The third-order valence-corrected chi connectivity index (χ3v) is 9.59. The molecule has 4 heterocycles. The molecular formula is C34H47FN6O4. The number of rotatable bonds is 9. The van der Waals surface area contributed by atoms with Gasteiger partial charge in [0.15, 0.2) is 0 Å². The average molecular weight is 623 g/mol. The number of carbonyl (C=O) groups excluding carboxylic acids is 2. The number of ether oxygens (including phenoxy) is 2. The van der Waals surface area contributed by atoms with Gasteiger partial charge in [-0.1, -0.05) is 12.1 Å². The van der Waals surface area contributed by atoms with Gasteiger partial charge in [0.25, 0.3) is 5.91 Å². The van der Waals surface area contributed by atoms with Crippen molar-refractivity contribution in [2.75, 3.05) is 57.4 Å². The van der Waals surface area contributed by atoms with E-state index in [0.29, 0.717) is 48.1 Å². The largest absolute Gasteiger partial charge is 0.474 e. The summed E-state index contributed by atoms with van der Waals surface area (Å²) < 4.78 is 25.5. The van der Waals surface area contributed by atoms with Crippen LogP contribution >= 0.6 is 0 Å². The number of morpholine rings is 1. The Morgan fingerprint density at radius 1 is 1.04 bits per heavy atom. The number of nitrogens with one attached hydrogen (secondary N) is 2. The van der Waals surface area contributed by atoms with Crippen LogP contribution in [0.3, 0.4) is 0 Å². The lowest BCUT2D eigenvalue weighted by Gasteiger charge is -2.46. The molecule has 3 fully saturated rings. The van der Waals surface area contributed by atoms with Crippen molar-refractivity contribution in [2.45, 2.75) is 77.2 Å². The fraction of sp³-hybridized carbons (Fsp3) is 0.618. The maximum atomic E-state index is 14.2. The van der Waals surface area contributed by atoms with E-state index >= 15 is 0 Å². The number of pyridine rings is 1. The lowest BCUT2D eigenvalue weighted by Crippen LogP contribution is -2.63. The summed E-state index contributed by atoms with van der Waals surface area (Å²) >= 11 is 0. The van der Waals surface area contributed by atoms with Crippen molar-refractivity contribution < 1.29 is 23.5 Å². The Balaban J connectivity index is 1.26. The molecule has 3 aliphatic heterocycles. The highest BCUT2D eigenvalue weighted by molar-refractivity contribution is 5.99. The quantitative estimate of drug-likeness (QED) is 0.441. The van der Waals surface area contributed by atoms with Gasteiger partial charge in [-0.25, -0.2) is 9.37 Å². The maximum absolute atomic E-state index is 14.2. The van der Waals surface area contributed by atoms with E-state index in [1.165, 1.54) is 12.1 Å². The molecule has 1 saturated carbocycles. The number of amides is 2. The van der Waals surface area contributed by atoms with Crippen molar-refractivity contribution in [2.24, 2.45) is 5.92 Å². The molecule has 1 aromatic carbocycles. The van der Waals surface area contributed by atoms with Gasteiger partial charge in [-0.3, -0.25) is 19.4 Å². The van der Waals surface area contributed by atoms with Crippen molar-refractivity contribution in [1.82, 2.24) is 25.4 Å². The first-order valence-electron chi connectivity index (χ1n) is 16.5. The van der Waals surface area contributed by atoms with Crippen LogP contribution in [0.5, 0.6) is 5.88 Å². The predicted molar refractivity (Wildman–Crippen MR) is 170 cm³/mol. The number of anilines is 1. The monoisotopic (exact) mass is 622 g/mol. The van der Waals surface area contributed by atoms with E-state index in [1.54, 1.807) is 17.0 Å². The molecule has 0 bridgehead atoms. The van der Waals surface area contributed by atoms with Crippen molar-refractivity contribution in [1.29, 1.82) is 0 Å². The maximum Gasteiger partial charge on any atom is 0.270 e. The number of fused-ring (bicyclic) bond motifs is 1. The number of nitrogens with zero attached hydrogens (tertiary/aromatic N) is 4. The molecule has 5 atom stereocenters. The molecule has 11 heteroatoms. The summed E-state index contributed by atoms with van der Waals surface area (Å²) in [5.74, 6) is 0.216. The molecule has 0 radical (unpaired) electrons. The second-order valence-corrected chi connectivity index (χ2v) is 13.5. The topological polar surface area (TPSA) is 99.3 Å².